The topological polar surface area (TPSA) is 111 Å². The van der Waals surface area contributed by atoms with Gasteiger partial charge in [0.1, 0.15) is 19.3 Å². The first-order valence-corrected chi connectivity index (χ1v) is 38.5. The molecule has 0 aliphatic rings. The SMILES string of the molecule is CCCCCCCCCCCCC/C=C\C(OC(=O)CCCCCCCCCCCCCCCCCCC)C(COP(=O)(O)OCC[N+](C)(C)C)NC(=O)CCCCCCCCCCCCCCCCCCCCCCCCCCCCC. The van der Waals surface area contributed by atoms with Crippen molar-refractivity contribution >= 4 is 19.7 Å². The van der Waals surface area contributed by atoms with Gasteiger partial charge in [0.05, 0.1) is 33.8 Å². The van der Waals surface area contributed by atoms with E-state index < -0.39 is 20.0 Å². The number of unbranched alkanes of at least 4 members (excludes halogenated alkanes) is 53. The van der Waals surface area contributed by atoms with Gasteiger partial charge in [-0.25, -0.2) is 4.57 Å². The summed E-state index contributed by atoms with van der Waals surface area (Å²) in [6.45, 7) is 7.10. The number of nitrogens with one attached hydrogen (secondary N) is 1. The molecule has 0 aromatic heterocycles. The minimum atomic E-state index is -4.45. The Labute approximate surface area is 518 Å². The van der Waals surface area contributed by atoms with Gasteiger partial charge in [-0.3, -0.25) is 18.6 Å². The molecule has 3 unspecified atom stereocenters. The number of ether oxygens (including phenoxy) is 1. The second-order valence-corrected chi connectivity index (χ2v) is 28.3. The van der Waals surface area contributed by atoms with Crippen LogP contribution in [-0.2, 0) is 27.9 Å². The quantitative estimate of drug-likeness (QED) is 0.0205. The van der Waals surface area contributed by atoms with E-state index in [0.717, 1.165) is 57.8 Å². The van der Waals surface area contributed by atoms with Crippen LogP contribution in [-0.4, -0.2) is 74.3 Å². The van der Waals surface area contributed by atoms with Crippen LogP contribution in [0.5, 0.6) is 0 Å². The van der Waals surface area contributed by atoms with Gasteiger partial charge < -0.3 is 19.4 Å². The molecule has 2 N–H and O–H groups in total. The van der Waals surface area contributed by atoms with Gasteiger partial charge in [0.15, 0.2) is 0 Å². The first kappa shape index (κ1) is 81.8. The predicted octanol–water partition coefficient (Wildman–Crippen LogP) is 23.5. The predicted molar refractivity (Wildman–Crippen MR) is 360 cm³/mol. The summed E-state index contributed by atoms with van der Waals surface area (Å²) >= 11 is 0. The van der Waals surface area contributed by atoms with Crippen LogP contribution < -0.4 is 5.32 Å². The Balaban J connectivity index is 4.96. The van der Waals surface area contributed by atoms with Crippen molar-refractivity contribution < 1.29 is 37.3 Å². The fourth-order valence-corrected chi connectivity index (χ4v) is 12.3. The fourth-order valence-electron chi connectivity index (χ4n) is 11.5. The molecular formula is C73H146N2O7P+. The Morgan fingerprint density at radius 2 is 0.687 bits per heavy atom. The molecule has 0 aromatic carbocycles. The zero-order chi connectivity index (χ0) is 60.7. The van der Waals surface area contributed by atoms with Gasteiger partial charge in [-0.15, -0.1) is 0 Å². The van der Waals surface area contributed by atoms with Crippen LogP contribution in [0.4, 0.5) is 0 Å². The van der Waals surface area contributed by atoms with Crippen LogP contribution >= 0.6 is 7.82 Å². The molecule has 9 nitrogen and oxygen atoms in total. The molecule has 0 aliphatic heterocycles. The van der Waals surface area contributed by atoms with Crippen molar-refractivity contribution in [3.8, 4) is 0 Å². The molecule has 10 heteroatoms. The third kappa shape index (κ3) is 65.0. The lowest BCUT2D eigenvalue weighted by Crippen LogP contribution is -2.47. The van der Waals surface area contributed by atoms with Gasteiger partial charge in [0, 0.05) is 12.8 Å². The number of amides is 1. The van der Waals surface area contributed by atoms with Crippen LogP contribution in [0.3, 0.4) is 0 Å². The third-order valence-corrected chi connectivity index (χ3v) is 18.2. The second kappa shape index (κ2) is 63.8. The molecule has 1 amide bonds. The Morgan fingerprint density at radius 1 is 0.410 bits per heavy atom. The van der Waals surface area contributed by atoms with Gasteiger partial charge in [-0.1, -0.05) is 361 Å². The molecule has 0 aromatic rings. The molecule has 3 atom stereocenters. The van der Waals surface area contributed by atoms with Gasteiger partial charge in [-0.05, 0) is 31.8 Å². The first-order chi connectivity index (χ1) is 40.4. The van der Waals surface area contributed by atoms with E-state index in [-0.39, 0.29) is 25.1 Å². The Bertz CT molecular complexity index is 1420. The maximum absolute atomic E-state index is 13.6. The number of likely N-dealkylation sites (N-methyl/N-ethyl adjacent to an activating group) is 1. The van der Waals surface area contributed by atoms with Gasteiger partial charge in [-0.2, -0.15) is 0 Å². The lowest BCUT2D eigenvalue weighted by Gasteiger charge is -2.27. The average Bonchev–Trinajstić information content (AvgIpc) is 3.47. The van der Waals surface area contributed by atoms with Crippen LogP contribution in [0.15, 0.2) is 12.2 Å². The average molecular weight is 1190 g/mol. The Hall–Kier alpha value is -1.25. The number of hydrogen-bond donors (Lipinski definition) is 2. The maximum atomic E-state index is 13.6. The fraction of sp³-hybridized carbons (Fsp3) is 0.945. The number of carbonyl (C=O) groups excluding carboxylic acids is 2. The summed E-state index contributed by atoms with van der Waals surface area (Å²) in [5.41, 5.74) is 0. The molecule has 0 bridgehead atoms. The highest BCUT2D eigenvalue weighted by atomic mass is 31.2. The van der Waals surface area contributed by atoms with Crippen LogP contribution in [0.25, 0.3) is 0 Å². The molecule has 494 valence electrons. The maximum Gasteiger partial charge on any atom is 0.472 e. The monoisotopic (exact) mass is 1190 g/mol. The Kier molecular flexibility index (Phi) is 62.8. The summed E-state index contributed by atoms with van der Waals surface area (Å²) in [5, 5.41) is 3.08. The number of hydrogen-bond acceptors (Lipinski definition) is 6. The molecule has 0 fully saturated rings. The normalized spacial score (nSPS) is 13.5. The summed E-state index contributed by atoms with van der Waals surface area (Å²) in [6.07, 6.45) is 76.6. The van der Waals surface area contributed by atoms with Crippen LogP contribution in [0.1, 0.15) is 393 Å². The number of esters is 1. The van der Waals surface area contributed by atoms with Crippen molar-refractivity contribution in [1.82, 2.24) is 5.32 Å². The highest BCUT2D eigenvalue weighted by Crippen LogP contribution is 2.43. The van der Waals surface area contributed by atoms with Crippen molar-refractivity contribution in [1.29, 1.82) is 0 Å². The van der Waals surface area contributed by atoms with E-state index in [4.69, 9.17) is 13.8 Å². The summed E-state index contributed by atoms with van der Waals surface area (Å²) in [7, 11) is 1.52. The summed E-state index contributed by atoms with van der Waals surface area (Å²) in [4.78, 5) is 37.9. The van der Waals surface area contributed by atoms with Crippen molar-refractivity contribution in [3.63, 3.8) is 0 Å². The summed E-state index contributed by atoms with van der Waals surface area (Å²) < 4.78 is 30.9. The van der Waals surface area contributed by atoms with E-state index in [1.54, 1.807) is 0 Å². The molecule has 0 heterocycles. The zero-order valence-electron chi connectivity index (χ0n) is 56.7. The van der Waals surface area contributed by atoms with E-state index in [1.807, 2.05) is 27.2 Å². The Morgan fingerprint density at radius 3 is 0.988 bits per heavy atom. The minimum absolute atomic E-state index is 0.0462. The van der Waals surface area contributed by atoms with E-state index in [0.29, 0.717) is 23.9 Å². The van der Waals surface area contributed by atoms with E-state index in [2.05, 4.69) is 32.2 Å². The van der Waals surface area contributed by atoms with Crippen molar-refractivity contribution in [2.24, 2.45) is 0 Å². The molecule has 0 radical (unpaired) electrons. The lowest BCUT2D eigenvalue weighted by atomic mass is 10.0. The highest BCUT2D eigenvalue weighted by molar-refractivity contribution is 7.47. The third-order valence-electron chi connectivity index (χ3n) is 17.2. The second-order valence-electron chi connectivity index (χ2n) is 26.8. The smallest absolute Gasteiger partial charge is 0.456 e. The first-order valence-electron chi connectivity index (χ1n) is 37.0. The van der Waals surface area contributed by atoms with Gasteiger partial charge in [0.2, 0.25) is 5.91 Å². The van der Waals surface area contributed by atoms with Gasteiger partial charge >= 0.3 is 13.8 Å². The molecular weight excluding hydrogens is 1050 g/mol. The molecule has 83 heavy (non-hydrogen) atoms. The van der Waals surface area contributed by atoms with E-state index in [9.17, 15) is 19.0 Å². The summed E-state index contributed by atoms with van der Waals surface area (Å²) in [6, 6.07) is -0.841. The number of rotatable bonds is 69. The van der Waals surface area contributed by atoms with Crippen molar-refractivity contribution in [3.05, 3.63) is 12.2 Å². The molecule has 0 saturated heterocycles. The largest absolute Gasteiger partial charge is 0.472 e. The van der Waals surface area contributed by atoms with Crippen molar-refractivity contribution in [2.45, 2.75) is 405 Å². The number of quaternary nitrogens is 1. The summed E-state index contributed by atoms with van der Waals surface area (Å²) in [5.74, 6) is -0.476. The van der Waals surface area contributed by atoms with E-state index >= 15 is 0 Å². The minimum Gasteiger partial charge on any atom is -0.456 e. The number of phosphoric ester groups is 1. The number of phosphoric acid groups is 1. The molecule has 0 saturated carbocycles. The molecule has 0 rings (SSSR count). The van der Waals surface area contributed by atoms with Gasteiger partial charge in [0.25, 0.3) is 0 Å². The number of allylic oxidation sites excluding steroid dienone is 1. The molecule has 0 spiro atoms. The van der Waals surface area contributed by atoms with Crippen LogP contribution in [0, 0.1) is 0 Å². The van der Waals surface area contributed by atoms with Crippen molar-refractivity contribution in [2.75, 3.05) is 40.9 Å². The lowest BCUT2D eigenvalue weighted by molar-refractivity contribution is -0.870. The highest BCUT2D eigenvalue weighted by Gasteiger charge is 2.30. The molecule has 0 aliphatic carbocycles. The zero-order valence-corrected chi connectivity index (χ0v) is 57.6. The standard InChI is InChI=1S/C73H145N2O7P/c1-7-10-13-16-19-22-25-28-30-32-33-34-35-36-37-38-39-40-41-43-44-47-50-53-56-59-62-65-72(76)74-70(69-81-83(78,79)80-68-67-75(4,5)6)71(64-61-58-55-52-49-46-27-24-21-18-15-12-9-3)82-73(77)66-63-60-57-54-51-48-45-42-31-29-26-23-20-17-14-11-8-2/h61,64,70-71H,7-60,62-63,65-69H2,1-6H3,(H-,74,76,78,79)/p+1/b64-61-. The number of nitrogens with zero attached hydrogens (tertiary/aromatic N) is 1. The van der Waals surface area contributed by atoms with E-state index in [1.165, 1.54) is 302 Å². The van der Waals surface area contributed by atoms with Crippen LogP contribution in [0.2, 0.25) is 0 Å². The number of carbonyl (C=O) groups is 2.